The first-order chi connectivity index (χ1) is 12.6. The van der Waals surface area contributed by atoms with Gasteiger partial charge in [0.05, 0.1) is 11.4 Å². The molecule has 0 amide bonds. The van der Waals surface area contributed by atoms with Crippen molar-refractivity contribution in [2.45, 2.75) is 38.6 Å². The van der Waals surface area contributed by atoms with Crippen LogP contribution in [0, 0.1) is 5.92 Å². The van der Waals surface area contributed by atoms with E-state index in [4.69, 9.17) is 0 Å². The van der Waals surface area contributed by atoms with E-state index in [1.807, 2.05) is 18.2 Å². The summed E-state index contributed by atoms with van der Waals surface area (Å²) < 4.78 is 26.1. The second-order valence-electron chi connectivity index (χ2n) is 6.91. The fourth-order valence-corrected chi connectivity index (χ4v) is 4.29. The van der Waals surface area contributed by atoms with Crippen LogP contribution in [-0.2, 0) is 10.0 Å². The number of aromatic nitrogens is 1. The number of hydrogen-bond donors (Lipinski definition) is 2. The van der Waals surface area contributed by atoms with E-state index in [1.54, 1.807) is 13.1 Å². The molecule has 0 radical (unpaired) electrons. The summed E-state index contributed by atoms with van der Waals surface area (Å²) in [6, 6.07) is 14.4. The molecule has 0 aliphatic heterocycles. The van der Waals surface area contributed by atoms with Crippen LogP contribution in [0.1, 0.15) is 32.6 Å². The highest BCUT2D eigenvalue weighted by molar-refractivity contribution is 7.89. The number of anilines is 1. The number of nitrogens with one attached hydrogen (secondary N) is 2. The van der Waals surface area contributed by atoms with Crippen LogP contribution in [0.3, 0.4) is 0 Å². The summed E-state index contributed by atoms with van der Waals surface area (Å²) in [5.41, 5.74) is 3.20. The summed E-state index contributed by atoms with van der Waals surface area (Å²) in [5, 5.41) is 3.51. The van der Waals surface area contributed by atoms with Gasteiger partial charge in [-0.05, 0) is 62.8 Å². The Kier molecular flexibility index (Phi) is 6.27. The largest absolute Gasteiger partial charge is 0.385 e. The summed E-state index contributed by atoms with van der Waals surface area (Å²) in [4.78, 5) is 4.37. The van der Waals surface area contributed by atoms with Gasteiger partial charge in [-0.25, -0.2) is 13.1 Å². The third-order valence-electron chi connectivity index (χ3n) is 5.01. The third-order valence-corrected chi connectivity index (χ3v) is 6.47. The Morgan fingerprint density at radius 1 is 1.04 bits per heavy atom. The van der Waals surface area contributed by atoms with Gasteiger partial charge in [0.2, 0.25) is 10.0 Å². The quantitative estimate of drug-likeness (QED) is 0.777. The second-order valence-corrected chi connectivity index (χ2v) is 8.95. The maximum atomic E-state index is 11.7. The minimum Gasteiger partial charge on any atom is -0.385 e. The number of hydrogen-bond acceptors (Lipinski definition) is 4. The monoisotopic (exact) mass is 373 g/mol. The number of sulfonamides is 1. The molecule has 1 heterocycles. The molecule has 2 aromatic rings. The number of pyridine rings is 1. The highest BCUT2D eigenvalue weighted by atomic mass is 32.2. The second kappa shape index (κ2) is 8.64. The fourth-order valence-electron chi connectivity index (χ4n) is 3.38. The van der Waals surface area contributed by atoms with E-state index in [0.717, 1.165) is 49.2 Å². The molecule has 140 valence electrons. The Hall–Kier alpha value is -1.92. The van der Waals surface area contributed by atoms with Crippen molar-refractivity contribution >= 4 is 15.7 Å². The molecule has 0 spiro atoms. The van der Waals surface area contributed by atoms with Gasteiger partial charge in [0.15, 0.2) is 0 Å². The van der Waals surface area contributed by atoms with Crippen LogP contribution in [-0.4, -0.2) is 31.7 Å². The van der Waals surface area contributed by atoms with Gasteiger partial charge >= 0.3 is 0 Å². The first-order valence-electron chi connectivity index (χ1n) is 9.31. The molecule has 0 saturated heterocycles. The molecule has 1 aromatic heterocycles. The van der Waals surface area contributed by atoms with Crippen LogP contribution < -0.4 is 10.0 Å². The fraction of sp³-hybridized carbons (Fsp3) is 0.450. The molecular formula is C20H27N3O2S. The molecule has 1 aliphatic rings. The van der Waals surface area contributed by atoms with Gasteiger partial charge in [0.1, 0.15) is 0 Å². The van der Waals surface area contributed by atoms with E-state index in [1.165, 1.54) is 0 Å². The van der Waals surface area contributed by atoms with Crippen molar-refractivity contribution in [2.75, 3.05) is 17.6 Å². The van der Waals surface area contributed by atoms with Gasteiger partial charge in [0, 0.05) is 30.0 Å². The van der Waals surface area contributed by atoms with Crippen molar-refractivity contribution in [1.29, 1.82) is 0 Å². The van der Waals surface area contributed by atoms with Gasteiger partial charge in [-0.1, -0.05) is 18.2 Å². The molecule has 0 bridgehead atoms. The first kappa shape index (κ1) is 18.9. The van der Waals surface area contributed by atoms with Crippen molar-refractivity contribution in [3.05, 3.63) is 48.7 Å². The summed E-state index contributed by atoms with van der Waals surface area (Å²) in [7, 11) is -3.09. The van der Waals surface area contributed by atoms with Gasteiger partial charge in [0.25, 0.3) is 0 Å². The Bertz CT molecular complexity index is 784. The van der Waals surface area contributed by atoms with Crippen LogP contribution in [0.4, 0.5) is 5.69 Å². The van der Waals surface area contributed by atoms with E-state index in [9.17, 15) is 8.42 Å². The maximum absolute atomic E-state index is 11.7. The highest BCUT2D eigenvalue weighted by Gasteiger charge is 2.23. The average Bonchev–Trinajstić information content (AvgIpc) is 2.68. The molecule has 1 aliphatic carbocycles. The number of rotatable bonds is 7. The molecule has 1 fully saturated rings. The van der Waals surface area contributed by atoms with Crippen molar-refractivity contribution in [3.63, 3.8) is 0 Å². The predicted molar refractivity (Wildman–Crippen MR) is 107 cm³/mol. The minimum absolute atomic E-state index is 0.105. The molecule has 1 aromatic carbocycles. The predicted octanol–water partition coefficient (Wildman–Crippen LogP) is 3.66. The summed E-state index contributed by atoms with van der Waals surface area (Å²) in [6.45, 7) is 2.60. The number of nitrogens with zero attached hydrogens (tertiary/aromatic N) is 1. The average molecular weight is 374 g/mol. The van der Waals surface area contributed by atoms with Gasteiger partial charge in [-0.2, -0.15) is 0 Å². The standard InChI is InChI=1S/C20H27N3O2S/c1-2-26(24,25)23-19-10-6-16(7-11-19)15-22-18-12-8-17(9-13-18)20-5-3-4-14-21-20/h3-5,8-9,12-14,16,19,22-23H,2,6-7,10-11,15H2,1H3/t16-,19-. The van der Waals surface area contributed by atoms with Crippen molar-refractivity contribution in [2.24, 2.45) is 5.92 Å². The summed E-state index contributed by atoms with van der Waals surface area (Å²) in [5.74, 6) is 0.746. The normalized spacial score (nSPS) is 20.7. The molecule has 0 atom stereocenters. The van der Waals surface area contributed by atoms with Crippen molar-refractivity contribution in [3.8, 4) is 11.3 Å². The smallest absolute Gasteiger partial charge is 0.211 e. The van der Waals surface area contributed by atoms with E-state index in [-0.39, 0.29) is 11.8 Å². The van der Waals surface area contributed by atoms with Gasteiger partial charge in [-0.15, -0.1) is 0 Å². The zero-order valence-electron chi connectivity index (χ0n) is 15.2. The van der Waals surface area contributed by atoms with Crippen LogP contribution in [0.15, 0.2) is 48.7 Å². The summed E-state index contributed by atoms with van der Waals surface area (Å²) >= 11 is 0. The zero-order valence-corrected chi connectivity index (χ0v) is 16.0. The lowest BCUT2D eigenvalue weighted by Crippen LogP contribution is -2.39. The summed E-state index contributed by atoms with van der Waals surface area (Å²) in [6.07, 6.45) is 5.75. The Labute approximate surface area is 156 Å². The highest BCUT2D eigenvalue weighted by Crippen LogP contribution is 2.26. The van der Waals surface area contributed by atoms with Crippen LogP contribution in [0.2, 0.25) is 0 Å². The van der Waals surface area contributed by atoms with E-state index in [0.29, 0.717) is 5.92 Å². The molecule has 26 heavy (non-hydrogen) atoms. The van der Waals surface area contributed by atoms with Crippen molar-refractivity contribution < 1.29 is 8.42 Å². The lowest BCUT2D eigenvalue weighted by Gasteiger charge is -2.29. The van der Waals surface area contributed by atoms with E-state index in [2.05, 4.69) is 39.3 Å². The lowest BCUT2D eigenvalue weighted by atomic mass is 9.86. The molecular weight excluding hydrogens is 346 g/mol. The molecule has 3 rings (SSSR count). The van der Waals surface area contributed by atoms with Crippen molar-refractivity contribution in [1.82, 2.24) is 9.71 Å². The number of benzene rings is 1. The van der Waals surface area contributed by atoms with Gasteiger partial charge in [-0.3, -0.25) is 4.98 Å². The molecule has 2 N–H and O–H groups in total. The SMILES string of the molecule is CCS(=O)(=O)N[C@H]1CC[C@H](CNc2ccc(-c3ccccn3)cc2)CC1. The molecule has 5 nitrogen and oxygen atoms in total. The van der Waals surface area contributed by atoms with Gasteiger partial charge < -0.3 is 5.32 Å². The topological polar surface area (TPSA) is 71.1 Å². The van der Waals surface area contributed by atoms with Crippen LogP contribution >= 0.6 is 0 Å². The molecule has 1 saturated carbocycles. The lowest BCUT2D eigenvalue weighted by molar-refractivity contribution is 0.324. The van der Waals surface area contributed by atoms with E-state index < -0.39 is 10.0 Å². The Morgan fingerprint density at radius 3 is 2.38 bits per heavy atom. The van der Waals surface area contributed by atoms with Crippen LogP contribution in [0.25, 0.3) is 11.3 Å². The Morgan fingerprint density at radius 2 is 1.77 bits per heavy atom. The maximum Gasteiger partial charge on any atom is 0.211 e. The minimum atomic E-state index is -3.09. The van der Waals surface area contributed by atoms with E-state index >= 15 is 0 Å². The third kappa shape index (κ3) is 5.29. The molecule has 6 heteroatoms. The zero-order chi connectivity index (χ0) is 18.4. The van der Waals surface area contributed by atoms with Crippen LogP contribution in [0.5, 0.6) is 0 Å². The Balaban J connectivity index is 1.45. The molecule has 0 unspecified atom stereocenters. The first-order valence-corrected chi connectivity index (χ1v) is 11.0.